The van der Waals surface area contributed by atoms with Crippen molar-refractivity contribution >= 4 is 11.3 Å². The highest BCUT2D eigenvalue weighted by Gasteiger charge is 2.03. The Morgan fingerprint density at radius 3 is 2.60 bits per heavy atom. The summed E-state index contributed by atoms with van der Waals surface area (Å²) < 4.78 is 11.0. The van der Waals surface area contributed by atoms with Crippen LogP contribution in [0.1, 0.15) is 38.4 Å². The minimum absolute atomic E-state index is 0.575. The number of nitrogens with zero attached hydrogens (tertiary/aromatic N) is 1. The maximum Gasteiger partial charge on any atom is 0.107 e. The lowest BCUT2D eigenvalue weighted by Gasteiger charge is -2.06. The topological polar surface area (TPSA) is 43.4 Å². The van der Waals surface area contributed by atoms with Gasteiger partial charge in [0, 0.05) is 18.5 Å². The molecule has 1 aromatic heterocycles. The Morgan fingerprint density at radius 1 is 1.15 bits per heavy atom. The smallest absolute Gasteiger partial charge is 0.107 e. The summed E-state index contributed by atoms with van der Waals surface area (Å²) in [6.07, 6.45) is 0. The van der Waals surface area contributed by atoms with Gasteiger partial charge in [-0.2, -0.15) is 0 Å². The molecule has 1 aromatic rings. The molecular weight excluding hydrogens is 272 g/mol. The number of nitrogens with one attached hydrogen (secondary N) is 1. The van der Waals surface area contributed by atoms with Crippen LogP contribution in [0.15, 0.2) is 5.38 Å². The Morgan fingerprint density at radius 2 is 1.90 bits per heavy atom. The molecule has 0 amide bonds. The molecule has 0 aromatic carbocycles. The Hall–Kier alpha value is -0.490. The summed E-state index contributed by atoms with van der Waals surface area (Å²) in [6.45, 7) is 13.2. The number of aromatic nitrogens is 1. The molecule has 0 aliphatic carbocycles. The van der Waals surface area contributed by atoms with Crippen molar-refractivity contribution < 1.29 is 9.47 Å². The van der Waals surface area contributed by atoms with E-state index in [2.05, 4.69) is 43.4 Å². The highest BCUT2D eigenvalue weighted by Crippen LogP contribution is 2.10. The van der Waals surface area contributed by atoms with Crippen LogP contribution in [0.25, 0.3) is 0 Å². The largest absolute Gasteiger partial charge is 0.379 e. The Bertz CT molecular complexity index is 353. The molecule has 0 aliphatic rings. The zero-order chi connectivity index (χ0) is 14.8. The average Bonchev–Trinajstić information content (AvgIpc) is 2.81. The molecule has 5 heteroatoms. The number of hydrogen-bond donors (Lipinski definition) is 1. The van der Waals surface area contributed by atoms with Crippen LogP contribution in [-0.4, -0.2) is 31.3 Å². The van der Waals surface area contributed by atoms with E-state index in [9.17, 15) is 0 Å². The summed E-state index contributed by atoms with van der Waals surface area (Å²) in [6, 6.07) is 0. The molecule has 0 spiro atoms. The van der Waals surface area contributed by atoms with Crippen LogP contribution in [0.5, 0.6) is 0 Å². The molecule has 0 bridgehead atoms. The molecule has 1 N–H and O–H groups in total. The lowest BCUT2D eigenvalue weighted by Crippen LogP contribution is -2.18. The second kappa shape index (κ2) is 10.3. The van der Waals surface area contributed by atoms with E-state index in [1.54, 1.807) is 11.3 Å². The number of hydrogen-bond acceptors (Lipinski definition) is 5. The van der Waals surface area contributed by atoms with Crippen molar-refractivity contribution in [3.63, 3.8) is 0 Å². The molecule has 0 aliphatic heterocycles. The quantitative estimate of drug-likeness (QED) is 0.638. The van der Waals surface area contributed by atoms with Gasteiger partial charge in [-0.15, -0.1) is 11.3 Å². The minimum Gasteiger partial charge on any atom is -0.379 e. The molecule has 0 atom stereocenters. The summed E-state index contributed by atoms with van der Waals surface area (Å²) in [5, 5.41) is 6.59. The van der Waals surface area contributed by atoms with Crippen molar-refractivity contribution in [2.45, 2.75) is 40.8 Å². The Kier molecular flexibility index (Phi) is 9.02. The second-order valence-corrected chi connectivity index (χ2v) is 6.72. The highest BCUT2D eigenvalue weighted by molar-refractivity contribution is 7.09. The lowest BCUT2D eigenvalue weighted by atomic mass is 10.2. The summed E-state index contributed by atoms with van der Waals surface area (Å²) in [7, 11) is 0. The zero-order valence-electron chi connectivity index (χ0n) is 13.1. The van der Waals surface area contributed by atoms with Crippen LogP contribution in [0.4, 0.5) is 0 Å². The third-order valence-corrected chi connectivity index (χ3v) is 3.40. The van der Waals surface area contributed by atoms with Gasteiger partial charge in [0.15, 0.2) is 0 Å². The number of ether oxygens (including phenoxy) is 2. The van der Waals surface area contributed by atoms with E-state index in [0.717, 1.165) is 30.4 Å². The van der Waals surface area contributed by atoms with Gasteiger partial charge < -0.3 is 14.8 Å². The van der Waals surface area contributed by atoms with Crippen molar-refractivity contribution in [2.24, 2.45) is 11.8 Å². The third-order valence-electron chi connectivity index (χ3n) is 2.50. The first-order chi connectivity index (χ1) is 9.58. The summed E-state index contributed by atoms with van der Waals surface area (Å²) >= 11 is 1.69. The van der Waals surface area contributed by atoms with E-state index in [1.165, 1.54) is 0 Å². The van der Waals surface area contributed by atoms with Crippen LogP contribution in [-0.2, 0) is 22.6 Å². The minimum atomic E-state index is 0.575. The SMILES string of the molecule is CC(C)CNCc1nc(COCCOCC(C)C)cs1. The van der Waals surface area contributed by atoms with Crippen molar-refractivity contribution in [1.82, 2.24) is 10.3 Å². The van der Waals surface area contributed by atoms with Crippen molar-refractivity contribution in [3.05, 3.63) is 16.1 Å². The van der Waals surface area contributed by atoms with E-state index in [-0.39, 0.29) is 0 Å². The molecule has 0 unspecified atom stereocenters. The van der Waals surface area contributed by atoms with Gasteiger partial charge in [-0.3, -0.25) is 0 Å². The van der Waals surface area contributed by atoms with Gasteiger partial charge in [0.1, 0.15) is 5.01 Å². The Labute approximate surface area is 126 Å². The van der Waals surface area contributed by atoms with Gasteiger partial charge in [-0.25, -0.2) is 4.98 Å². The summed E-state index contributed by atoms with van der Waals surface area (Å²) in [5.41, 5.74) is 1.01. The van der Waals surface area contributed by atoms with Crippen LogP contribution < -0.4 is 5.32 Å². The zero-order valence-corrected chi connectivity index (χ0v) is 14.0. The predicted molar refractivity (Wildman–Crippen MR) is 84.0 cm³/mol. The predicted octanol–water partition coefficient (Wildman–Crippen LogP) is 3.08. The van der Waals surface area contributed by atoms with Crippen LogP contribution in [0, 0.1) is 11.8 Å². The fourth-order valence-corrected chi connectivity index (χ4v) is 2.33. The highest BCUT2D eigenvalue weighted by atomic mass is 32.1. The first-order valence-corrected chi connectivity index (χ1v) is 8.25. The van der Waals surface area contributed by atoms with Crippen molar-refractivity contribution in [2.75, 3.05) is 26.4 Å². The van der Waals surface area contributed by atoms with E-state index in [4.69, 9.17) is 9.47 Å². The first kappa shape index (κ1) is 17.6. The van der Waals surface area contributed by atoms with Gasteiger partial charge in [-0.05, 0) is 18.4 Å². The van der Waals surface area contributed by atoms with E-state index in [0.29, 0.717) is 31.7 Å². The number of thiazole rings is 1. The molecule has 20 heavy (non-hydrogen) atoms. The molecule has 1 heterocycles. The molecule has 0 saturated heterocycles. The second-order valence-electron chi connectivity index (χ2n) is 5.78. The van der Waals surface area contributed by atoms with Gasteiger partial charge in [0.2, 0.25) is 0 Å². The molecular formula is C15H28N2O2S. The van der Waals surface area contributed by atoms with Gasteiger partial charge >= 0.3 is 0 Å². The summed E-state index contributed by atoms with van der Waals surface area (Å²) in [4.78, 5) is 4.54. The van der Waals surface area contributed by atoms with Crippen LogP contribution >= 0.6 is 11.3 Å². The van der Waals surface area contributed by atoms with Crippen molar-refractivity contribution in [3.8, 4) is 0 Å². The molecule has 0 fully saturated rings. The molecule has 1 rings (SSSR count). The standard InChI is InChI=1S/C15H28N2O2S/c1-12(2)7-16-8-15-17-14(11-20-15)10-19-6-5-18-9-13(3)4/h11-13,16H,5-10H2,1-4H3. The van der Waals surface area contributed by atoms with Crippen LogP contribution in [0.2, 0.25) is 0 Å². The fourth-order valence-electron chi connectivity index (χ4n) is 1.58. The van der Waals surface area contributed by atoms with Crippen molar-refractivity contribution in [1.29, 1.82) is 0 Å². The van der Waals surface area contributed by atoms with E-state index >= 15 is 0 Å². The first-order valence-electron chi connectivity index (χ1n) is 7.37. The Balaban J connectivity index is 2.08. The monoisotopic (exact) mass is 300 g/mol. The maximum absolute atomic E-state index is 5.56. The van der Waals surface area contributed by atoms with Gasteiger partial charge in [0.25, 0.3) is 0 Å². The fraction of sp³-hybridized carbons (Fsp3) is 0.800. The molecule has 0 radical (unpaired) electrons. The molecule has 0 saturated carbocycles. The lowest BCUT2D eigenvalue weighted by molar-refractivity contribution is 0.0306. The van der Waals surface area contributed by atoms with E-state index in [1.807, 2.05) is 0 Å². The maximum atomic E-state index is 5.56. The average molecular weight is 300 g/mol. The summed E-state index contributed by atoms with van der Waals surface area (Å²) in [5.74, 6) is 1.25. The molecule has 4 nitrogen and oxygen atoms in total. The van der Waals surface area contributed by atoms with Gasteiger partial charge in [-0.1, -0.05) is 27.7 Å². The van der Waals surface area contributed by atoms with E-state index < -0.39 is 0 Å². The van der Waals surface area contributed by atoms with Gasteiger partial charge in [0.05, 0.1) is 25.5 Å². The third kappa shape index (κ3) is 8.64. The van der Waals surface area contributed by atoms with Crippen LogP contribution in [0.3, 0.4) is 0 Å². The normalized spacial score (nSPS) is 11.7. The molecule has 116 valence electrons. The number of rotatable bonds is 11.